The number of nitrogens with zero attached hydrogens (tertiary/aromatic N) is 4. The summed E-state index contributed by atoms with van der Waals surface area (Å²) in [5.74, 6) is 1.59. The van der Waals surface area contributed by atoms with Crippen molar-refractivity contribution in [3.63, 3.8) is 0 Å². The Hall–Kier alpha value is -2.15. The van der Waals surface area contributed by atoms with Crippen LogP contribution in [0.4, 0.5) is 0 Å². The number of ether oxygens (including phenoxy) is 1. The fourth-order valence-electron chi connectivity index (χ4n) is 3.22. The molecule has 2 aromatic heterocycles. The van der Waals surface area contributed by atoms with Gasteiger partial charge < -0.3 is 15.0 Å². The van der Waals surface area contributed by atoms with Crippen molar-refractivity contribution in [1.29, 1.82) is 0 Å². The zero-order valence-corrected chi connectivity index (χ0v) is 17.3. The average Bonchev–Trinajstić information content (AvgIpc) is 3.30. The number of pyridine rings is 1. The predicted octanol–water partition coefficient (Wildman–Crippen LogP) is 3.77. The first-order chi connectivity index (χ1) is 13.1. The maximum Gasteiger partial charge on any atom is 0.213 e. The van der Waals surface area contributed by atoms with Gasteiger partial charge in [0.2, 0.25) is 5.88 Å². The zero-order chi connectivity index (χ0) is 19.1. The van der Waals surface area contributed by atoms with Crippen LogP contribution in [0.1, 0.15) is 48.9 Å². The minimum atomic E-state index is 0.321. The minimum Gasteiger partial charge on any atom is -0.474 e. The summed E-state index contributed by atoms with van der Waals surface area (Å²) in [5, 5.41) is 6.55. The van der Waals surface area contributed by atoms with Crippen molar-refractivity contribution in [1.82, 2.24) is 20.2 Å². The van der Waals surface area contributed by atoms with Crippen LogP contribution in [0.2, 0.25) is 0 Å². The number of thiazole rings is 1. The van der Waals surface area contributed by atoms with E-state index < -0.39 is 0 Å². The Labute approximate surface area is 165 Å². The summed E-state index contributed by atoms with van der Waals surface area (Å²) in [5.41, 5.74) is 2.17. The molecular weight excluding hydrogens is 358 g/mol. The molecule has 146 valence electrons. The molecule has 0 aliphatic heterocycles. The van der Waals surface area contributed by atoms with Crippen molar-refractivity contribution >= 4 is 17.3 Å². The van der Waals surface area contributed by atoms with Crippen LogP contribution in [-0.4, -0.2) is 40.5 Å². The number of rotatable bonds is 7. The first-order valence-corrected chi connectivity index (χ1v) is 10.5. The van der Waals surface area contributed by atoms with E-state index in [-0.39, 0.29) is 0 Å². The molecule has 0 spiro atoms. The van der Waals surface area contributed by atoms with E-state index in [1.165, 1.54) is 12.8 Å². The minimum absolute atomic E-state index is 0.321. The van der Waals surface area contributed by atoms with E-state index in [4.69, 9.17) is 9.73 Å². The molecule has 1 saturated carbocycles. The lowest BCUT2D eigenvalue weighted by Crippen LogP contribution is -2.38. The van der Waals surface area contributed by atoms with Crippen molar-refractivity contribution in [2.45, 2.75) is 58.7 Å². The molecular formula is C20H29N5OS. The maximum absolute atomic E-state index is 6.01. The summed E-state index contributed by atoms with van der Waals surface area (Å²) in [6.07, 6.45) is 6.91. The van der Waals surface area contributed by atoms with Crippen LogP contribution in [0.3, 0.4) is 0 Å². The third kappa shape index (κ3) is 5.92. The number of guanidine groups is 1. The standard InChI is InChI=1S/C20H29N5OS/c1-4-21-20(25(3)13-17-14-27-15(2)24-17)23-12-16-9-10-22-19(11-16)26-18-7-5-6-8-18/h9-11,14,18H,4-8,12-13H2,1-3H3,(H,21,23). The molecule has 3 rings (SSSR count). The van der Waals surface area contributed by atoms with Crippen molar-refractivity contribution in [3.8, 4) is 5.88 Å². The summed E-state index contributed by atoms with van der Waals surface area (Å²) < 4.78 is 6.01. The number of hydrogen-bond acceptors (Lipinski definition) is 5. The number of aromatic nitrogens is 2. The summed E-state index contributed by atoms with van der Waals surface area (Å²) in [7, 11) is 2.04. The van der Waals surface area contributed by atoms with Crippen LogP contribution in [0.25, 0.3) is 0 Å². The van der Waals surface area contributed by atoms with Crippen LogP contribution in [-0.2, 0) is 13.1 Å². The lowest BCUT2D eigenvalue weighted by Gasteiger charge is -2.21. The number of nitrogens with one attached hydrogen (secondary N) is 1. The zero-order valence-electron chi connectivity index (χ0n) is 16.4. The monoisotopic (exact) mass is 387 g/mol. The van der Waals surface area contributed by atoms with E-state index in [1.807, 2.05) is 32.3 Å². The van der Waals surface area contributed by atoms with Gasteiger partial charge in [0.1, 0.15) is 6.10 Å². The first kappa shape index (κ1) is 19.6. The molecule has 0 aromatic carbocycles. The molecule has 1 N–H and O–H groups in total. The van der Waals surface area contributed by atoms with E-state index in [0.717, 1.165) is 48.2 Å². The molecule has 1 aliphatic rings. The normalized spacial score (nSPS) is 15.1. The number of aryl methyl sites for hydroxylation is 1. The van der Waals surface area contributed by atoms with Gasteiger partial charge in [-0.2, -0.15) is 0 Å². The molecule has 7 heteroatoms. The third-order valence-electron chi connectivity index (χ3n) is 4.56. The molecule has 0 amide bonds. The van der Waals surface area contributed by atoms with E-state index >= 15 is 0 Å². The van der Waals surface area contributed by atoms with Crippen LogP contribution >= 0.6 is 11.3 Å². The second kappa shape index (κ2) is 9.69. The quantitative estimate of drug-likeness (QED) is 0.579. The fraction of sp³-hybridized carbons (Fsp3) is 0.550. The second-order valence-electron chi connectivity index (χ2n) is 6.91. The van der Waals surface area contributed by atoms with Crippen LogP contribution in [0, 0.1) is 6.92 Å². The summed E-state index contributed by atoms with van der Waals surface area (Å²) in [4.78, 5) is 15.8. The smallest absolute Gasteiger partial charge is 0.213 e. The van der Waals surface area contributed by atoms with E-state index in [2.05, 4.69) is 32.5 Å². The fourth-order valence-corrected chi connectivity index (χ4v) is 3.83. The van der Waals surface area contributed by atoms with Crippen molar-refractivity contribution in [3.05, 3.63) is 40.0 Å². The van der Waals surface area contributed by atoms with Gasteiger partial charge >= 0.3 is 0 Å². The second-order valence-corrected chi connectivity index (χ2v) is 7.97. The maximum atomic E-state index is 6.01. The molecule has 1 fully saturated rings. The van der Waals surface area contributed by atoms with Gasteiger partial charge in [0.25, 0.3) is 0 Å². The van der Waals surface area contributed by atoms with Crippen LogP contribution < -0.4 is 10.1 Å². The molecule has 1 aliphatic carbocycles. The highest BCUT2D eigenvalue weighted by Gasteiger charge is 2.17. The molecule has 0 saturated heterocycles. The third-order valence-corrected chi connectivity index (χ3v) is 5.38. The Morgan fingerprint density at radius 1 is 1.41 bits per heavy atom. The molecule has 27 heavy (non-hydrogen) atoms. The SMILES string of the molecule is CCNC(=NCc1ccnc(OC2CCCC2)c1)N(C)Cc1csc(C)n1. The molecule has 0 unspecified atom stereocenters. The van der Waals surface area contributed by atoms with Crippen LogP contribution in [0.5, 0.6) is 5.88 Å². The highest BCUT2D eigenvalue weighted by atomic mass is 32.1. The molecule has 0 atom stereocenters. The number of aliphatic imine (C=N–C) groups is 1. The largest absolute Gasteiger partial charge is 0.474 e. The lowest BCUT2D eigenvalue weighted by molar-refractivity contribution is 0.201. The Morgan fingerprint density at radius 2 is 2.22 bits per heavy atom. The lowest BCUT2D eigenvalue weighted by atomic mass is 10.2. The molecule has 0 radical (unpaired) electrons. The summed E-state index contributed by atoms with van der Waals surface area (Å²) in [6.45, 7) is 6.26. The molecule has 6 nitrogen and oxygen atoms in total. The predicted molar refractivity (Wildman–Crippen MR) is 110 cm³/mol. The topological polar surface area (TPSA) is 62.6 Å². The van der Waals surface area contributed by atoms with Crippen molar-refractivity contribution < 1.29 is 4.74 Å². The Bertz CT molecular complexity index is 754. The Kier molecular flexibility index (Phi) is 7.04. The van der Waals surface area contributed by atoms with Gasteiger partial charge in [-0.1, -0.05) is 0 Å². The molecule has 0 bridgehead atoms. The van der Waals surface area contributed by atoms with E-state index in [9.17, 15) is 0 Å². The van der Waals surface area contributed by atoms with Gasteiger partial charge in [-0.25, -0.2) is 15.0 Å². The average molecular weight is 388 g/mol. The number of hydrogen-bond donors (Lipinski definition) is 1. The van der Waals surface area contributed by atoms with Gasteiger partial charge in [0.15, 0.2) is 5.96 Å². The van der Waals surface area contributed by atoms with Gasteiger partial charge in [-0.15, -0.1) is 11.3 Å². The van der Waals surface area contributed by atoms with E-state index in [1.54, 1.807) is 11.3 Å². The van der Waals surface area contributed by atoms with Gasteiger partial charge in [-0.05, 0) is 51.2 Å². The molecule has 2 heterocycles. The van der Waals surface area contributed by atoms with E-state index in [0.29, 0.717) is 18.5 Å². The van der Waals surface area contributed by atoms with Crippen molar-refractivity contribution in [2.75, 3.05) is 13.6 Å². The van der Waals surface area contributed by atoms with Gasteiger partial charge in [0.05, 0.1) is 23.8 Å². The Morgan fingerprint density at radius 3 is 2.93 bits per heavy atom. The Balaban J connectivity index is 1.63. The molecule has 2 aromatic rings. The highest BCUT2D eigenvalue weighted by Crippen LogP contribution is 2.23. The van der Waals surface area contributed by atoms with Crippen LogP contribution in [0.15, 0.2) is 28.7 Å². The van der Waals surface area contributed by atoms with Crippen molar-refractivity contribution in [2.24, 2.45) is 4.99 Å². The summed E-state index contributed by atoms with van der Waals surface area (Å²) in [6, 6.07) is 4.01. The first-order valence-electron chi connectivity index (χ1n) is 9.66. The van der Waals surface area contributed by atoms with Gasteiger partial charge in [0, 0.05) is 31.2 Å². The highest BCUT2D eigenvalue weighted by molar-refractivity contribution is 7.09. The van der Waals surface area contributed by atoms with Gasteiger partial charge in [-0.3, -0.25) is 0 Å². The summed E-state index contributed by atoms with van der Waals surface area (Å²) >= 11 is 1.68.